The zero-order chi connectivity index (χ0) is 16.2. The van der Waals surface area contributed by atoms with E-state index in [9.17, 15) is 18.0 Å². The molecule has 2 N–H and O–H groups in total. The van der Waals surface area contributed by atoms with Gasteiger partial charge < -0.3 is 15.3 Å². The van der Waals surface area contributed by atoms with Crippen LogP contribution < -0.4 is 5.32 Å². The maximum atomic E-state index is 12.2. The normalized spacial score (nSPS) is 12.4. The molecule has 0 spiro atoms. The Balaban J connectivity index is 2.75. The first kappa shape index (κ1) is 16.8. The van der Waals surface area contributed by atoms with E-state index in [1.807, 2.05) is 6.07 Å². The van der Waals surface area contributed by atoms with Crippen molar-refractivity contribution < 1.29 is 23.1 Å². The maximum Gasteiger partial charge on any atom is 0.416 e. The van der Waals surface area contributed by atoms with Crippen LogP contribution >= 0.6 is 0 Å². The van der Waals surface area contributed by atoms with Crippen molar-refractivity contribution in [2.24, 2.45) is 0 Å². The molecule has 0 saturated heterocycles. The van der Waals surface area contributed by atoms with Gasteiger partial charge in [-0.3, -0.25) is 0 Å². The highest BCUT2D eigenvalue weighted by atomic mass is 19.4. The topological polar surface area (TPSA) is 76.4 Å². The van der Waals surface area contributed by atoms with Gasteiger partial charge in [-0.05, 0) is 24.6 Å². The number of nitrogens with one attached hydrogen (secondary N) is 1. The molecule has 1 aromatic carbocycles. The summed E-state index contributed by atoms with van der Waals surface area (Å²) in [6.45, 7) is 0.799. The van der Waals surface area contributed by atoms with Crippen LogP contribution in [0.1, 0.15) is 11.1 Å². The Morgan fingerprint density at radius 3 is 2.67 bits per heavy atom. The molecule has 8 heteroatoms. The molecule has 0 aromatic heterocycles. The molecule has 114 valence electrons. The van der Waals surface area contributed by atoms with Crippen LogP contribution in [-0.4, -0.2) is 41.9 Å². The van der Waals surface area contributed by atoms with Crippen molar-refractivity contribution in [2.45, 2.75) is 19.2 Å². The number of amides is 2. The first-order valence-electron chi connectivity index (χ1n) is 5.92. The molecule has 0 bridgehead atoms. The Morgan fingerprint density at radius 1 is 1.52 bits per heavy atom. The quantitative estimate of drug-likeness (QED) is 0.899. The molecule has 1 aromatic rings. The van der Waals surface area contributed by atoms with E-state index in [1.165, 1.54) is 6.07 Å². The molecule has 0 fully saturated rings. The van der Waals surface area contributed by atoms with Crippen molar-refractivity contribution in [3.63, 3.8) is 0 Å². The van der Waals surface area contributed by atoms with Crippen LogP contribution in [0.3, 0.4) is 0 Å². The summed E-state index contributed by atoms with van der Waals surface area (Å²) < 4.78 is 36.7. The molecule has 0 radical (unpaired) electrons. The number of rotatable bonds is 3. The van der Waals surface area contributed by atoms with Crippen LogP contribution in [0.5, 0.6) is 0 Å². The number of benzene rings is 1. The standard InChI is InChI=1S/C13H14F3N3O2/c1-8-3-4-9(6-17)5-10(8)18-12(21)19(2)7-11(20)13(14,15)16/h3-5,11,20H,7H2,1-2H3,(H,18,21). The van der Waals surface area contributed by atoms with Crippen molar-refractivity contribution in [1.29, 1.82) is 5.26 Å². The van der Waals surface area contributed by atoms with E-state index in [-0.39, 0.29) is 0 Å². The molecular formula is C13H14F3N3O2. The fourth-order valence-corrected chi connectivity index (χ4v) is 1.48. The van der Waals surface area contributed by atoms with Crippen LogP contribution in [0, 0.1) is 18.3 Å². The number of nitrogens with zero attached hydrogens (tertiary/aromatic N) is 2. The maximum absolute atomic E-state index is 12.2. The summed E-state index contributed by atoms with van der Waals surface area (Å²) in [5, 5.41) is 20.1. The van der Waals surface area contributed by atoms with Gasteiger partial charge in [0.15, 0.2) is 6.10 Å². The highest BCUT2D eigenvalue weighted by Crippen LogP contribution is 2.21. The van der Waals surface area contributed by atoms with E-state index < -0.39 is 24.9 Å². The van der Waals surface area contributed by atoms with Crippen LogP contribution in [0.4, 0.5) is 23.7 Å². The van der Waals surface area contributed by atoms with Crippen molar-refractivity contribution in [3.8, 4) is 6.07 Å². The van der Waals surface area contributed by atoms with Gasteiger partial charge in [0, 0.05) is 12.7 Å². The fraction of sp³-hybridized carbons (Fsp3) is 0.385. The minimum absolute atomic E-state index is 0.314. The molecule has 1 unspecified atom stereocenters. The number of carbonyl (C=O) groups is 1. The second kappa shape index (κ2) is 6.45. The SMILES string of the molecule is Cc1ccc(C#N)cc1NC(=O)N(C)CC(O)C(F)(F)F. The van der Waals surface area contributed by atoms with Gasteiger partial charge in [-0.15, -0.1) is 0 Å². The van der Waals surface area contributed by atoms with Gasteiger partial charge in [0.05, 0.1) is 18.2 Å². The van der Waals surface area contributed by atoms with Crippen LogP contribution in [0.2, 0.25) is 0 Å². The summed E-state index contributed by atoms with van der Waals surface area (Å²) in [5.41, 5.74) is 1.30. The summed E-state index contributed by atoms with van der Waals surface area (Å²) in [6, 6.07) is 5.67. The monoisotopic (exact) mass is 301 g/mol. The average Bonchev–Trinajstić information content (AvgIpc) is 2.39. The Morgan fingerprint density at radius 2 is 2.14 bits per heavy atom. The molecule has 2 amide bonds. The van der Waals surface area contributed by atoms with Gasteiger partial charge in [0.1, 0.15) is 0 Å². The van der Waals surface area contributed by atoms with Crippen LogP contribution in [0.15, 0.2) is 18.2 Å². The lowest BCUT2D eigenvalue weighted by atomic mass is 10.1. The highest BCUT2D eigenvalue weighted by molar-refractivity contribution is 5.90. The number of likely N-dealkylation sites (N-methyl/N-ethyl adjacent to an activating group) is 1. The lowest BCUT2D eigenvalue weighted by Gasteiger charge is -2.23. The lowest BCUT2D eigenvalue weighted by molar-refractivity contribution is -0.205. The molecule has 0 heterocycles. The number of halogens is 3. The number of aryl methyl sites for hydroxylation is 1. The third-order valence-electron chi connectivity index (χ3n) is 2.78. The molecular weight excluding hydrogens is 287 g/mol. The molecule has 0 saturated carbocycles. The van der Waals surface area contributed by atoms with E-state index in [1.54, 1.807) is 19.1 Å². The molecule has 0 aliphatic heterocycles. The first-order valence-corrected chi connectivity index (χ1v) is 5.92. The number of urea groups is 1. The zero-order valence-electron chi connectivity index (χ0n) is 11.4. The largest absolute Gasteiger partial charge is 0.416 e. The van der Waals surface area contributed by atoms with Gasteiger partial charge in [-0.2, -0.15) is 18.4 Å². The zero-order valence-corrected chi connectivity index (χ0v) is 11.4. The third-order valence-corrected chi connectivity index (χ3v) is 2.78. The lowest BCUT2D eigenvalue weighted by Crippen LogP contribution is -2.43. The molecule has 0 aliphatic carbocycles. The van der Waals surface area contributed by atoms with Crippen LogP contribution in [0.25, 0.3) is 0 Å². The number of aliphatic hydroxyl groups excluding tert-OH is 1. The van der Waals surface area contributed by atoms with E-state index in [2.05, 4.69) is 5.32 Å². The van der Waals surface area contributed by atoms with Gasteiger partial charge in [0.25, 0.3) is 0 Å². The van der Waals surface area contributed by atoms with E-state index in [0.29, 0.717) is 16.8 Å². The highest BCUT2D eigenvalue weighted by Gasteiger charge is 2.39. The van der Waals surface area contributed by atoms with E-state index >= 15 is 0 Å². The molecule has 0 aliphatic rings. The predicted octanol–water partition coefficient (Wildman–Crippen LogP) is 2.25. The van der Waals surface area contributed by atoms with Crippen molar-refractivity contribution >= 4 is 11.7 Å². The van der Waals surface area contributed by atoms with Crippen molar-refractivity contribution in [2.75, 3.05) is 18.9 Å². The molecule has 1 rings (SSSR count). The van der Waals surface area contributed by atoms with Gasteiger partial charge >= 0.3 is 12.2 Å². The van der Waals surface area contributed by atoms with Gasteiger partial charge in [0.2, 0.25) is 0 Å². The summed E-state index contributed by atoms with van der Waals surface area (Å²) >= 11 is 0. The number of hydrogen-bond donors (Lipinski definition) is 2. The predicted molar refractivity (Wildman–Crippen MR) is 69.6 cm³/mol. The second-order valence-electron chi connectivity index (χ2n) is 4.51. The number of anilines is 1. The summed E-state index contributed by atoms with van der Waals surface area (Å²) in [6.07, 6.45) is -7.40. The second-order valence-corrected chi connectivity index (χ2v) is 4.51. The summed E-state index contributed by atoms with van der Waals surface area (Å²) in [4.78, 5) is 12.5. The van der Waals surface area contributed by atoms with Gasteiger partial charge in [-0.1, -0.05) is 6.07 Å². The first-order chi connectivity index (χ1) is 9.65. The minimum atomic E-state index is -4.79. The van der Waals surface area contributed by atoms with E-state index in [4.69, 9.17) is 10.4 Å². The van der Waals surface area contributed by atoms with Gasteiger partial charge in [-0.25, -0.2) is 4.79 Å². The average molecular weight is 301 g/mol. The number of alkyl halides is 3. The Hall–Kier alpha value is -2.27. The number of aliphatic hydroxyl groups is 1. The molecule has 1 atom stereocenters. The van der Waals surface area contributed by atoms with E-state index in [0.717, 1.165) is 11.9 Å². The number of nitriles is 1. The third kappa shape index (κ3) is 4.65. The minimum Gasteiger partial charge on any atom is -0.382 e. The van der Waals surface area contributed by atoms with Crippen LogP contribution in [-0.2, 0) is 0 Å². The molecule has 5 nitrogen and oxygen atoms in total. The number of hydrogen-bond acceptors (Lipinski definition) is 3. The summed E-state index contributed by atoms with van der Waals surface area (Å²) in [7, 11) is 1.13. The van der Waals surface area contributed by atoms with Crippen molar-refractivity contribution in [3.05, 3.63) is 29.3 Å². The van der Waals surface area contributed by atoms with Crippen molar-refractivity contribution in [1.82, 2.24) is 4.90 Å². The molecule has 21 heavy (non-hydrogen) atoms. The number of carbonyl (C=O) groups excluding carboxylic acids is 1. The fourth-order valence-electron chi connectivity index (χ4n) is 1.48. The summed E-state index contributed by atoms with van der Waals surface area (Å²) in [5.74, 6) is 0. The Labute approximate surface area is 119 Å². The Kier molecular flexibility index (Phi) is 5.16. The smallest absolute Gasteiger partial charge is 0.382 e. The Bertz CT molecular complexity index is 567.